The zero-order valence-electron chi connectivity index (χ0n) is 12.8. The van der Waals surface area contributed by atoms with E-state index in [1.807, 2.05) is 12.1 Å². The lowest BCUT2D eigenvalue weighted by molar-refractivity contribution is 0.131. The average molecular weight is 271 g/mol. The topological polar surface area (TPSA) is 21.3 Å². The largest absolute Gasteiger partial charge is 0.488 e. The molecule has 1 aromatic rings. The van der Waals surface area contributed by atoms with Gasteiger partial charge in [-0.2, -0.15) is 0 Å². The van der Waals surface area contributed by atoms with E-state index >= 15 is 0 Å². The zero-order chi connectivity index (χ0) is 14.6. The first-order valence-electron chi connectivity index (χ1n) is 7.48. The van der Waals surface area contributed by atoms with Crippen LogP contribution in [0.15, 0.2) is 24.3 Å². The molecule has 108 valence electrons. The van der Waals surface area contributed by atoms with Crippen molar-refractivity contribution in [1.82, 2.24) is 0 Å². The van der Waals surface area contributed by atoms with Gasteiger partial charge >= 0.3 is 0 Å². The van der Waals surface area contributed by atoms with E-state index in [1.54, 1.807) is 0 Å². The number of hydrogen-bond donors (Lipinski definition) is 1. The summed E-state index contributed by atoms with van der Waals surface area (Å²) >= 11 is 0. The molecule has 0 unspecified atom stereocenters. The predicted molar refractivity (Wildman–Crippen MR) is 85.1 cm³/mol. The summed E-state index contributed by atoms with van der Waals surface area (Å²) in [4.78, 5) is 0. The van der Waals surface area contributed by atoms with Gasteiger partial charge in [-0.15, -0.1) is 6.42 Å². The lowest BCUT2D eigenvalue weighted by Gasteiger charge is -2.34. The van der Waals surface area contributed by atoms with Crippen molar-refractivity contribution in [3.8, 4) is 18.1 Å². The Morgan fingerprint density at radius 3 is 2.20 bits per heavy atom. The molecule has 0 aliphatic heterocycles. The molecule has 0 saturated heterocycles. The predicted octanol–water partition coefficient (Wildman–Crippen LogP) is 4.61. The highest BCUT2D eigenvalue weighted by molar-refractivity contribution is 5.50. The number of anilines is 1. The third-order valence-corrected chi connectivity index (χ3v) is 3.65. The molecule has 0 spiro atoms. The highest BCUT2D eigenvalue weighted by Gasteiger charge is 2.29. The van der Waals surface area contributed by atoms with Crippen LogP contribution in [0.5, 0.6) is 5.75 Å². The first-order valence-corrected chi connectivity index (χ1v) is 7.48. The fraction of sp³-hybridized carbons (Fsp3) is 0.556. The molecular weight excluding hydrogens is 246 g/mol. The SMILES string of the molecule is C#CC1(Nc2ccc(OC(C)(C)C)cc2)CCCCC1. The molecule has 0 atom stereocenters. The Labute approximate surface area is 122 Å². The molecule has 1 saturated carbocycles. The second-order valence-corrected chi connectivity index (χ2v) is 6.65. The molecular formula is C18H25NO. The third kappa shape index (κ3) is 3.93. The van der Waals surface area contributed by atoms with E-state index in [2.05, 4.69) is 44.1 Å². The van der Waals surface area contributed by atoms with Gasteiger partial charge in [0.2, 0.25) is 0 Å². The number of rotatable bonds is 3. The molecule has 2 heteroatoms. The fourth-order valence-electron chi connectivity index (χ4n) is 2.70. The molecule has 1 fully saturated rings. The maximum atomic E-state index is 5.83. The van der Waals surface area contributed by atoms with Gasteiger partial charge in [0.15, 0.2) is 0 Å². The molecule has 0 amide bonds. The van der Waals surface area contributed by atoms with Crippen molar-refractivity contribution in [2.75, 3.05) is 5.32 Å². The minimum Gasteiger partial charge on any atom is -0.488 e. The molecule has 1 N–H and O–H groups in total. The van der Waals surface area contributed by atoms with E-state index in [0.717, 1.165) is 24.3 Å². The summed E-state index contributed by atoms with van der Waals surface area (Å²) in [5, 5.41) is 3.54. The monoisotopic (exact) mass is 271 g/mol. The van der Waals surface area contributed by atoms with Crippen LogP contribution in [0.1, 0.15) is 52.9 Å². The van der Waals surface area contributed by atoms with Gasteiger partial charge in [0.1, 0.15) is 11.4 Å². The van der Waals surface area contributed by atoms with Crippen LogP contribution in [-0.2, 0) is 0 Å². The van der Waals surface area contributed by atoms with Crippen molar-refractivity contribution >= 4 is 5.69 Å². The van der Waals surface area contributed by atoms with Crippen molar-refractivity contribution in [2.45, 2.75) is 64.0 Å². The highest BCUT2D eigenvalue weighted by atomic mass is 16.5. The Morgan fingerprint density at radius 2 is 1.70 bits per heavy atom. The quantitative estimate of drug-likeness (QED) is 0.810. The second kappa shape index (κ2) is 5.79. The Morgan fingerprint density at radius 1 is 1.10 bits per heavy atom. The van der Waals surface area contributed by atoms with Gasteiger partial charge < -0.3 is 10.1 Å². The molecule has 2 nitrogen and oxygen atoms in total. The maximum Gasteiger partial charge on any atom is 0.120 e. The van der Waals surface area contributed by atoms with Gasteiger partial charge in [-0.25, -0.2) is 0 Å². The van der Waals surface area contributed by atoms with E-state index in [-0.39, 0.29) is 11.1 Å². The lowest BCUT2D eigenvalue weighted by Crippen LogP contribution is -2.38. The third-order valence-electron chi connectivity index (χ3n) is 3.65. The summed E-state index contributed by atoms with van der Waals surface area (Å²) in [7, 11) is 0. The molecule has 2 rings (SSSR count). The fourth-order valence-corrected chi connectivity index (χ4v) is 2.70. The molecule has 1 aliphatic carbocycles. The summed E-state index contributed by atoms with van der Waals surface area (Å²) in [6.45, 7) is 6.15. The Kier molecular flexibility index (Phi) is 4.28. The number of benzene rings is 1. The van der Waals surface area contributed by atoms with Crippen molar-refractivity contribution < 1.29 is 4.74 Å². The first kappa shape index (κ1) is 14.8. The summed E-state index contributed by atoms with van der Waals surface area (Å²) in [6.07, 6.45) is 11.6. The first-order chi connectivity index (χ1) is 9.42. The van der Waals surface area contributed by atoms with E-state index in [9.17, 15) is 0 Å². The van der Waals surface area contributed by atoms with Crippen LogP contribution in [0.25, 0.3) is 0 Å². The summed E-state index contributed by atoms with van der Waals surface area (Å²) in [5.41, 5.74) is 0.745. The summed E-state index contributed by atoms with van der Waals surface area (Å²) in [5.74, 6) is 3.87. The van der Waals surface area contributed by atoms with Crippen molar-refractivity contribution in [1.29, 1.82) is 0 Å². The van der Waals surface area contributed by atoms with Gasteiger partial charge in [-0.1, -0.05) is 25.2 Å². The van der Waals surface area contributed by atoms with Crippen LogP contribution in [0.2, 0.25) is 0 Å². The van der Waals surface area contributed by atoms with Crippen LogP contribution in [0.3, 0.4) is 0 Å². The molecule has 1 aliphatic rings. The zero-order valence-corrected chi connectivity index (χ0v) is 12.8. The Balaban J connectivity index is 2.05. The maximum absolute atomic E-state index is 5.83. The van der Waals surface area contributed by atoms with Crippen molar-refractivity contribution in [2.24, 2.45) is 0 Å². The van der Waals surface area contributed by atoms with Gasteiger partial charge in [-0.3, -0.25) is 0 Å². The van der Waals surface area contributed by atoms with Gasteiger partial charge in [0.25, 0.3) is 0 Å². The Bertz CT molecular complexity index is 470. The minimum absolute atomic E-state index is 0.162. The number of terminal acetylenes is 1. The van der Waals surface area contributed by atoms with Crippen LogP contribution >= 0.6 is 0 Å². The second-order valence-electron chi connectivity index (χ2n) is 6.65. The van der Waals surface area contributed by atoms with E-state index in [1.165, 1.54) is 19.3 Å². The Hall–Kier alpha value is -1.62. The molecule has 20 heavy (non-hydrogen) atoms. The van der Waals surface area contributed by atoms with E-state index in [4.69, 9.17) is 11.2 Å². The van der Waals surface area contributed by atoms with E-state index < -0.39 is 0 Å². The molecule has 0 heterocycles. The highest BCUT2D eigenvalue weighted by Crippen LogP contribution is 2.31. The van der Waals surface area contributed by atoms with Gasteiger partial charge in [0, 0.05) is 5.69 Å². The van der Waals surface area contributed by atoms with Crippen LogP contribution < -0.4 is 10.1 Å². The summed E-state index contributed by atoms with van der Waals surface area (Å²) in [6, 6.07) is 8.10. The summed E-state index contributed by atoms with van der Waals surface area (Å²) < 4.78 is 5.83. The molecule has 0 aromatic heterocycles. The number of ether oxygens (including phenoxy) is 1. The standard InChI is InChI=1S/C18H25NO/c1-5-18(13-7-6-8-14-18)19-15-9-11-16(12-10-15)20-17(2,3)4/h1,9-12,19H,6-8,13-14H2,2-4H3. The van der Waals surface area contributed by atoms with Crippen LogP contribution in [-0.4, -0.2) is 11.1 Å². The molecule has 0 bridgehead atoms. The minimum atomic E-state index is -0.168. The average Bonchev–Trinajstić information content (AvgIpc) is 2.40. The van der Waals surface area contributed by atoms with Crippen molar-refractivity contribution in [3.05, 3.63) is 24.3 Å². The van der Waals surface area contributed by atoms with Crippen molar-refractivity contribution in [3.63, 3.8) is 0 Å². The van der Waals surface area contributed by atoms with Gasteiger partial charge in [0.05, 0.1) is 5.54 Å². The number of nitrogens with one attached hydrogen (secondary N) is 1. The lowest BCUT2D eigenvalue weighted by atomic mass is 9.82. The number of hydrogen-bond acceptors (Lipinski definition) is 2. The van der Waals surface area contributed by atoms with Crippen LogP contribution in [0, 0.1) is 12.3 Å². The van der Waals surface area contributed by atoms with Gasteiger partial charge in [-0.05, 0) is 57.9 Å². The van der Waals surface area contributed by atoms with Crippen LogP contribution in [0.4, 0.5) is 5.69 Å². The smallest absolute Gasteiger partial charge is 0.120 e. The normalized spacial score (nSPS) is 18.1. The molecule has 1 aromatic carbocycles. The van der Waals surface area contributed by atoms with E-state index in [0.29, 0.717) is 0 Å². The molecule has 0 radical (unpaired) electrons.